The average molecular weight is 567 g/mol. The maximum Gasteiger partial charge on any atom is 0.253 e. The zero-order valence-electron chi connectivity index (χ0n) is 25.1. The average Bonchev–Trinajstić information content (AvgIpc) is 2.94. The van der Waals surface area contributed by atoms with E-state index in [1.165, 1.54) is 0 Å². The number of carbonyl (C=O) groups excluding carboxylic acids is 1. The van der Waals surface area contributed by atoms with E-state index in [-0.39, 0.29) is 24.1 Å². The first kappa shape index (κ1) is 29.6. The number of hydrogen-bond acceptors (Lipinski definition) is 7. The third-order valence-electron chi connectivity index (χ3n) is 8.91. The molecule has 1 saturated carbocycles. The lowest BCUT2D eigenvalue weighted by Gasteiger charge is -2.40. The van der Waals surface area contributed by atoms with Crippen molar-refractivity contribution in [2.24, 2.45) is 5.92 Å². The Hall–Kier alpha value is -2.88. The lowest BCUT2D eigenvalue weighted by molar-refractivity contribution is 0.000119. The Kier molecular flexibility index (Phi) is 9.68. The van der Waals surface area contributed by atoms with Gasteiger partial charge in [-0.1, -0.05) is 0 Å². The van der Waals surface area contributed by atoms with Gasteiger partial charge in [-0.3, -0.25) is 14.5 Å². The van der Waals surface area contributed by atoms with E-state index in [4.69, 9.17) is 14.2 Å². The van der Waals surface area contributed by atoms with Crippen molar-refractivity contribution >= 4 is 11.6 Å². The van der Waals surface area contributed by atoms with Crippen LogP contribution in [0.25, 0.3) is 0 Å². The second-order valence-electron chi connectivity index (χ2n) is 11.9. The van der Waals surface area contributed by atoms with E-state index in [1.54, 1.807) is 0 Å². The summed E-state index contributed by atoms with van der Waals surface area (Å²) in [6.45, 7) is 15.2. The van der Waals surface area contributed by atoms with Crippen LogP contribution in [0.2, 0.25) is 0 Å². The Labute approximate surface area is 243 Å². The molecule has 2 saturated heterocycles. The molecule has 3 aliphatic rings. The van der Waals surface area contributed by atoms with E-state index >= 15 is 0 Å². The summed E-state index contributed by atoms with van der Waals surface area (Å²) in [4.78, 5) is 33.9. The fraction of sp³-hybridized carbons (Fsp3) is 0.625. The van der Waals surface area contributed by atoms with Crippen LogP contribution in [0.5, 0.6) is 5.75 Å². The smallest absolute Gasteiger partial charge is 0.253 e. The Bertz CT molecular complexity index is 1260. The molecule has 0 bridgehead atoms. The van der Waals surface area contributed by atoms with Crippen molar-refractivity contribution in [3.63, 3.8) is 0 Å². The van der Waals surface area contributed by atoms with Crippen molar-refractivity contribution < 1.29 is 19.0 Å². The summed E-state index contributed by atoms with van der Waals surface area (Å²) in [5.41, 5.74) is 4.65. The number of ether oxygens (including phenoxy) is 3. The van der Waals surface area contributed by atoms with Gasteiger partial charge in [-0.25, -0.2) is 0 Å². The highest BCUT2D eigenvalue weighted by Gasteiger charge is 2.33. The summed E-state index contributed by atoms with van der Waals surface area (Å²) < 4.78 is 17.6. The number of aromatic amines is 1. The van der Waals surface area contributed by atoms with Gasteiger partial charge < -0.3 is 29.4 Å². The van der Waals surface area contributed by atoms with Crippen LogP contribution in [0.1, 0.15) is 65.3 Å². The number of aromatic nitrogens is 1. The minimum atomic E-state index is -0.199. The molecule has 9 heteroatoms. The number of nitrogens with zero attached hydrogens (tertiary/aromatic N) is 2. The Morgan fingerprint density at radius 1 is 1.07 bits per heavy atom. The molecule has 224 valence electrons. The van der Waals surface area contributed by atoms with Crippen molar-refractivity contribution in [3.05, 3.63) is 56.5 Å². The Morgan fingerprint density at radius 2 is 1.78 bits per heavy atom. The lowest BCUT2D eigenvalue weighted by atomic mass is 9.81. The van der Waals surface area contributed by atoms with Gasteiger partial charge in [0.05, 0.1) is 19.3 Å². The van der Waals surface area contributed by atoms with Gasteiger partial charge in [-0.2, -0.15) is 0 Å². The summed E-state index contributed by atoms with van der Waals surface area (Å²) >= 11 is 0. The third kappa shape index (κ3) is 7.13. The summed E-state index contributed by atoms with van der Waals surface area (Å²) in [5.74, 6) is 1.17. The maximum absolute atomic E-state index is 13.6. The zero-order chi connectivity index (χ0) is 28.9. The number of amides is 1. The van der Waals surface area contributed by atoms with E-state index in [0.29, 0.717) is 23.1 Å². The molecule has 9 nitrogen and oxygen atoms in total. The van der Waals surface area contributed by atoms with Gasteiger partial charge in [0.1, 0.15) is 5.75 Å². The summed E-state index contributed by atoms with van der Waals surface area (Å²) in [6, 6.07) is 6.29. The molecule has 0 atom stereocenters. The second-order valence-corrected chi connectivity index (χ2v) is 11.9. The number of nitrogens with one attached hydrogen (secondary N) is 2. The van der Waals surface area contributed by atoms with Crippen molar-refractivity contribution in [1.82, 2.24) is 15.2 Å². The molecule has 1 aromatic heterocycles. The molecule has 0 radical (unpaired) electrons. The van der Waals surface area contributed by atoms with E-state index in [9.17, 15) is 9.59 Å². The standard InChI is InChI=1S/C32H46N4O5/c1-5-36(25-6-10-39-11-7-25)30-18-27(41-26-15-24(16-26)20-35-8-12-40-13-9-35)17-28(23(30)4)31(37)33-19-29-21(2)14-22(3)34-32(29)38/h14,17-18,24-26H,5-13,15-16,19-20H2,1-4H3,(H,33,37)(H,34,38). The largest absolute Gasteiger partial charge is 0.490 e. The van der Waals surface area contributed by atoms with E-state index in [0.717, 1.165) is 107 Å². The maximum atomic E-state index is 13.6. The van der Waals surface area contributed by atoms with Crippen molar-refractivity contribution in [3.8, 4) is 5.75 Å². The fourth-order valence-electron chi connectivity index (χ4n) is 6.52. The summed E-state index contributed by atoms with van der Waals surface area (Å²) in [5, 5.41) is 3.01. The molecular formula is C32H46N4O5. The quantitative estimate of drug-likeness (QED) is 0.453. The number of H-pyrrole nitrogens is 1. The fourth-order valence-corrected chi connectivity index (χ4v) is 6.52. The number of pyridine rings is 1. The molecule has 1 aliphatic carbocycles. The van der Waals surface area contributed by atoms with E-state index in [1.807, 2.05) is 32.9 Å². The molecule has 3 fully saturated rings. The molecule has 2 N–H and O–H groups in total. The highest BCUT2D eigenvalue weighted by Crippen LogP contribution is 2.37. The third-order valence-corrected chi connectivity index (χ3v) is 8.91. The SMILES string of the molecule is CCN(c1cc(OC2CC(CN3CCOCC3)C2)cc(C(=O)NCc2c(C)cc(C)[nH]c2=O)c1C)C1CCOCC1. The van der Waals surface area contributed by atoms with Crippen LogP contribution in [0.15, 0.2) is 23.0 Å². The molecule has 0 spiro atoms. The zero-order valence-corrected chi connectivity index (χ0v) is 25.1. The second kappa shape index (κ2) is 13.4. The molecule has 5 rings (SSSR count). The predicted octanol–water partition coefficient (Wildman–Crippen LogP) is 3.73. The molecular weight excluding hydrogens is 520 g/mol. The molecule has 2 aliphatic heterocycles. The van der Waals surface area contributed by atoms with Gasteiger partial charge in [0.25, 0.3) is 11.5 Å². The molecule has 3 heterocycles. The highest BCUT2D eigenvalue weighted by molar-refractivity contribution is 5.97. The van der Waals surface area contributed by atoms with Crippen LogP contribution in [0.4, 0.5) is 5.69 Å². The van der Waals surface area contributed by atoms with Crippen molar-refractivity contribution in [2.45, 2.75) is 72.1 Å². The highest BCUT2D eigenvalue weighted by atomic mass is 16.5. The Morgan fingerprint density at radius 3 is 2.46 bits per heavy atom. The van der Waals surface area contributed by atoms with Crippen LogP contribution in [0.3, 0.4) is 0 Å². The van der Waals surface area contributed by atoms with Crippen LogP contribution in [-0.2, 0) is 16.0 Å². The number of anilines is 1. The van der Waals surface area contributed by atoms with Gasteiger partial charge >= 0.3 is 0 Å². The molecule has 1 aromatic carbocycles. The number of carbonyl (C=O) groups is 1. The minimum absolute atomic E-state index is 0.152. The first-order valence-corrected chi connectivity index (χ1v) is 15.3. The number of benzene rings is 1. The van der Waals surface area contributed by atoms with Gasteiger partial charge in [0, 0.05) is 80.6 Å². The Balaban J connectivity index is 1.34. The predicted molar refractivity (Wildman–Crippen MR) is 160 cm³/mol. The van der Waals surface area contributed by atoms with Gasteiger partial charge in [0.15, 0.2) is 0 Å². The van der Waals surface area contributed by atoms with Crippen LogP contribution in [0, 0.1) is 26.7 Å². The topological polar surface area (TPSA) is 96.1 Å². The van der Waals surface area contributed by atoms with Crippen molar-refractivity contribution in [1.29, 1.82) is 0 Å². The van der Waals surface area contributed by atoms with Crippen LogP contribution in [-0.4, -0.2) is 80.5 Å². The van der Waals surface area contributed by atoms with Crippen LogP contribution >= 0.6 is 0 Å². The first-order valence-electron chi connectivity index (χ1n) is 15.3. The normalized spacial score (nSPS) is 21.8. The number of rotatable bonds is 10. The van der Waals surface area contributed by atoms with Crippen LogP contribution < -0.4 is 20.5 Å². The molecule has 2 aromatic rings. The molecule has 1 amide bonds. The van der Waals surface area contributed by atoms with E-state index < -0.39 is 0 Å². The molecule has 0 unspecified atom stereocenters. The molecule has 41 heavy (non-hydrogen) atoms. The summed E-state index contributed by atoms with van der Waals surface area (Å²) in [6.07, 6.45) is 4.12. The van der Waals surface area contributed by atoms with E-state index in [2.05, 4.69) is 33.1 Å². The van der Waals surface area contributed by atoms with Gasteiger partial charge in [-0.05, 0) is 82.6 Å². The van der Waals surface area contributed by atoms with Gasteiger partial charge in [-0.15, -0.1) is 0 Å². The monoisotopic (exact) mass is 566 g/mol. The lowest BCUT2D eigenvalue weighted by Crippen LogP contribution is -2.45. The number of hydrogen-bond donors (Lipinski definition) is 2. The van der Waals surface area contributed by atoms with Gasteiger partial charge in [0.2, 0.25) is 0 Å². The first-order chi connectivity index (χ1) is 19.8. The summed E-state index contributed by atoms with van der Waals surface area (Å²) in [7, 11) is 0. The number of morpholine rings is 1. The number of aryl methyl sites for hydroxylation is 2. The minimum Gasteiger partial charge on any atom is -0.490 e. The van der Waals surface area contributed by atoms with Crippen molar-refractivity contribution in [2.75, 3.05) is 57.5 Å².